The lowest BCUT2D eigenvalue weighted by atomic mass is 10.1. The predicted octanol–water partition coefficient (Wildman–Crippen LogP) is 4.21. The highest BCUT2D eigenvalue weighted by Crippen LogP contribution is 2.26. The lowest BCUT2D eigenvalue weighted by Crippen LogP contribution is -2.31. The number of esters is 1. The van der Waals surface area contributed by atoms with Gasteiger partial charge in [-0.1, -0.05) is 31.5 Å². The Morgan fingerprint density at radius 1 is 1.04 bits per heavy atom. The molecule has 0 aromatic heterocycles. The standard InChI is InChI=1S/C19H22ClNO4S/c1-5-21(6-2)26(23,24)18-12-15(8-10-17(18)20)19(22)25-16-9-7-13(3)14(4)11-16/h7-12H,5-6H2,1-4H3. The van der Waals surface area contributed by atoms with Crippen molar-refractivity contribution in [3.05, 3.63) is 58.1 Å². The number of rotatable bonds is 6. The molecule has 0 unspecified atom stereocenters. The maximum Gasteiger partial charge on any atom is 0.343 e. The van der Waals surface area contributed by atoms with Crippen LogP contribution in [0.15, 0.2) is 41.3 Å². The van der Waals surface area contributed by atoms with Gasteiger partial charge in [-0.05, 0) is 55.3 Å². The molecule has 0 aliphatic rings. The average molecular weight is 396 g/mol. The van der Waals surface area contributed by atoms with Crippen LogP contribution in [0.1, 0.15) is 35.3 Å². The van der Waals surface area contributed by atoms with Crippen molar-refractivity contribution in [3.63, 3.8) is 0 Å². The second-order valence-corrected chi connectivity index (χ2v) is 8.18. The number of hydrogen-bond donors (Lipinski definition) is 0. The molecule has 2 rings (SSSR count). The summed E-state index contributed by atoms with van der Waals surface area (Å²) in [5.41, 5.74) is 2.21. The summed E-state index contributed by atoms with van der Waals surface area (Å²) in [5, 5.41) is 0.0691. The molecular formula is C19H22ClNO4S. The third-order valence-corrected chi connectivity index (χ3v) is 6.71. The second kappa shape index (κ2) is 8.20. The number of halogens is 1. The van der Waals surface area contributed by atoms with Gasteiger partial charge in [0.2, 0.25) is 10.0 Å². The van der Waals surface area contributed by atoms with Crippen molar-refractivity contribution in [2.75, 3.05) is 13.1 Å². The van der Waals surface area contributed by atoms with Crippen molar-refractivity contribution >= 4 is 27.6 Å². The fourth-order valence-corrected chi connectivity index (χ4v) is 4.43. The highest BCUT2D eigenvalue weighted by Gasteiger charge is 2.26. The summed E-state index contributed by atoms with van der Waals surface area (Å²) in [6.07, 6.45) is 0. The maximum atomic E-state index is 12.7. The van der Waals surface area contributed by atoms with Crippen molar-refractivity contribution in [2.24, 2.45) is 0 Å². The van der Waals surface area contributed by atoms with E-state index in [0.29, 0.717) is 18.8 Å². The molecule has 140 valence electrons. The Bertz CT molecular complexity index is 921. The lowest BCUT2D eigenvalue weighted by molar-refractivity contribution is 0.0734. The minimum absolute atomic E-state index is 0.0691. The van der Waals surface area contributed by atoms with E-state index in [-0.39, 0.29) is 15.5 Å². The number of carbonyl (C=O) groups excluding carboxylic acids is 1. The van der Waals surface area contributed by atoms with Crippen molar-refractivity contribution in [1.29, 1.82) is 0 Å². The van der Waals surface area contributed by atoms with Gasteiger partial charge in [0.15, 0.2) is 0 Å². The number of hydrogen-bond acceptors (Lipinski definition) is 4. The van der Waals surface area contributed by atoms with Gasteiger partial charge in [0.05, 0.1) is 10.6 Å². The van der Waals surface area contributed by atoms with Crippen LogP contribution in [0.4, 0.5) is 0 Å². The Morgan fingerprint density at radius 3 is 2.27 bits per heavy atom. The van der Waals surface area contributed by atoms with Crippen LogP contribution in [0.2, 0.25) is 5.02 Å². The number of sulfonamides is 1. The topological polar surface area (TPSA) is 63.7 Å². The van der Waals surface area contributed by atoms with Crippen LogP contribution in [0.5, 0.6) is 5.75 Å². The van der Waals surface area contributed by atoms with Crippen molar-refractivity contribution in [3.8, 4) is 5.75 Å². The molecule has 0 saturated heterocycles. The summed E-state index contributed by atoms with van der Waals surface area (Å²) in [6, 6.07) is 9.43. The summed E-state index contributed by atoms with van der Waals surface area (Å²) in [5.74, 6) is -0.234. The Morgan fingerprint density at radius 2 is 1.69 bits per heavy atom. The molecule has 0 aliphatic carbocycles. The van der Waals surface area contributed by atoms with Crippen LogP contribution in [-0.2, 0) is 10.0 Å². The molecule has 0 amide bonds. The zero-order valence-corrected chi connectivity index (χ0v) is 16.8. The minimum atomic E-state index is -3.78. The second-order valence-electron chi connectivity index (χ2n) is 5.87. The first kappa shape index (κ1) is 20.4. The van der Waals surface area contributed by atoms with E-state index in [2.05, 4.69) is 0 Å². The van der Waals surface area contributed by atoms with E-state index in [1.165, 1.54) is 22.5 Å². The summed E-state index contributed by atoms with van der Waals surface area (Å²) < 4.78 is 32.1. The van der Waals surface area contributed by atoms with Crippen LogP contribution in [0.25, 0.3) is 0 Å². The number of ether oxygens (including phenoxy) is 1. The lowest BCUT2D eigenvalue weighted by Gasteiger charge is -2.19. The number of nitrogens with zero attached hydrogens (tertiary/aromatic N) is 1. The summed E-state index contributed by atoms with van der Waals surface area (Å²) in [6.45, 7) is 7.99. The molecule has 0 N–H and O–H groups in total. The molecule has 0 atom stereocenters. The average Bonchev–Trinajstić information content (AvgIpc) is 2.59. The minimum Gasteiger partial charge on any atom is -0.423 e. The third-order valence-electron chi connectivity index (χ3n) is 4.18. The summed E-state index contributed by atoms with van der Waals surface area (Å²) in [7, 11) is -3.78. The maximum absolute atomic E-state index is 12.7. The molecule has 2 aromatic carbocycles. The highest BCUT2D eigenvalue weighted by atomic mass is 35.5. The van der Waals surface area contributed by atoms with Gasteiger partial charge in [-0.3, -0.25) is 0 Å². The van der Waals surface area contributed by atoms with Gasteiger partial charge in [-0.2, -0.15) is 4.31 Å². The van der Waals surface area contributed by atoms with Crippen molar-refractivity contribution < 1.29 is 17.9 Å². The third kappa shape index (κ3) is 4.26. The molecule has 5 nitrogen and oxygen atoms in total. The quantitative estimate of drug-likeness (QED) is 0.543. The van der Waals surface area contributed by atoms with Crippen molar-refractivity contribution in [2.45, 2.75) is 32.6 Å². The number of benzene rings is 2. The molecule has 0 spiro atoms. The summed E-state index contributed by atoms with van der Waals surface area (Å²) in [4.78, 5) is 12.3. The monoisotopic (exact) mass is 395 g/mol. The van der Waals surface area contributed by atoms with Gasteiger partial charge < -0.3 is 4.74 Å². The first-order valence-electron chi connectivity index (χ1n) is 8.29. The molecule has 0 aliphatic heterocycles. The van der Waals surface area contributed by atoms with Crippen LogP contribution in [-0.4, -0.2) is 31.8 Å². The van der Waals surface area contributed by atoms with Gasteiger partial charge in [0.25, 0.3) is 0 Å². The van der Waals surface area contributed by atoms with E-state index >= 15 is 0 Å². The molecule has 0 radical (unpaired) electrons. The smallest absolute Gasteiger partial charge is 0.343 e. The van der Waals surface area contributed by atoms with E-state index in [4.69, 9.17) is 16.3 Å². The Hall–Kier alpha value is -1.89. The van der Waals surface area contributed by atoms with Gasteiger partial charge in [-0.15, -0.1) is 0 Å². The van der Waals surface area contributed by atoms with Gasteiger partial charge in [0, 0.05) is 13.1 Å². The SMILES string of the molecule is CCN(CC)S(=O)(=O)c1cc(C(=O)Oc2ccc(C)c(C)c2)ccc1Cl. The molecule has 0 bridgehead atoms. The molecule has 0 fully saturated rings. The van der Waals surface area contributed by atoms with E-state index in [9.17, 15) is 13.2 Å². The molecule has 7 heteroatoms. The highest BCUT2D eigenvalue weighted by molar-refractivity contribution is 7.89. The fourth-order valence-electron chi connectivity index (χ4n) is 2.47. The van der Waals surface area contributed by atoms with Gasteiger partial charge >= 0.3 is 5.97 Å². The van der Waals surface area contributed by atoms with Crippen LogP contribution >= 0.6 is 11.6 Å². The Balaban J connectivity index is 2.36. The largest absolute Gasteiger partial charge is 0.423 e. The van der Waals surface area contributed by atoms with E-state index in [1.807, 2.05) is 19.9 Å². The molecule has 26 heavy (non-hydrogen) atoms. The molecular weight excluding hydrogens is 374 g/mol. The number of aryl methyl sites for hydroxylation is 2. The van der Waals surface area contributed by atoms with E-state index < -0.39 is 16.0 Å². The first-order chi connectivity index (χ1) is 12.2. The Kier molecular flexibility index (Phi) is 6.44. The number of carbonyl (C=O) groups is 1. The van der Waals surface area contributed by atoms with E-state index in [0.717, 1.165) is 11.1 Å². The van der Waals surface area contributed by atoms with Crippen molar-refractivity contribution in [1.82, 2.24) is 4.31 Å². The zero-order valence-electron chi connectivity index (χ0n) is 15.2. The van der Waals surface area contributed by atoms with Crippen LogP contribution in [0.3, 0.4) is 0 Å². The first-order valence-corrected chi connectivity index (χ1v) is 10.1. The van der Waals surface area contributed by atoms with Crippen LogP contribution < -0.4 is 4.74 Å². The normalized spacial score (nSPS) is 11.6. The summed E-state index contributed by atoms with van der Waals surface area (Å²) >= 11 is 6.08. The Labute approximate surface area is 159 Å². The van der Waals surface area contributed by atoms with E-state index in [1.54, 1.807) is 26.0 Å². The molecule has 2 aromatic rings. The van der Waals surface area contributed by atoms with Crippen LogP contribution in [0, 0.1) is 13.8 Å². The van der Waals surface area contributed by atoms with Gasteiger partial charge in [-0.25, -0.2) is 13.2 Å². The molecule has 0 heterocycles. The zero-order chi connectivity index (χ0) is 19.5. The van der Waals surface area contributed by atoms with Gasteiger partial charge in [0.1, 0.15) is 10.6 Å². The molecule has 0 saturated carbocycles. The predicted molar refractivity (Wildman–Crippen MR) is 102 cm³/mol. The fraction of sp³-hybridized carbons (Fsp3) is 0.316.